The summed E-state index contributed by atoms with van der Waals surface area (Å²) in [5.41, 5.74) is 7.62. The number of halogens is 1. The molecule has 5 nitrogen and oxygen atoms in total. The average Bonchev–Trinajstić information content (AvgIpc) is 2.37. The highest BCUT2D eigenvalue weighted by Gasteiger charge is 2.26. The number of benzene rings is 1. The summed E-state index contributed by atoms with van der Waals surface area (Å²) in [7, 11) is 1.97. The third-order valence-corrected chi connectivity index (χ3v) is 3.74. The van der Waals surface area contributed by atoms with Gasteiger partial charge in [-0.1, -0.05) is 23.7 Å². The second-order valence-electron chi connectivity index (χ2n) is 4.87. The Kier molecular flexibility index (Phi) is 3.46. The van der Waals surface area contributed by atoms with Gasteiger partial charge in [-0.3, -0.25) is 0 Å². The minimum atomic E-state index is 0.292. The van der Waals surface area contributed by atoms with Gasteiger partial charge < -0.3 is 16.0 Å². The van der Waals surface area contributed by atoms with E-state index < -0.39 is 0 Å². The summed E-state index contributed by atoms with van der Waals surface area (Å²) >= 11 is 5.90. The SMILES string of the molecule is CNC1CN(c2cc(-c3ccc(Cl)cc3)nc(N)n2)C1. The van der Waals surface area contributed by atoms with Crippen molar-refractivity contribution in [2.75, 3.05) is 30.8 Å². The summed E-state index contributed by atoms with van der Waals surface area (Å²) in [6, 6.07) is 10.0. The standard InChI is InChI=1S/C14H16ClN5/c1-17-11-7-20(8-11)13-6-12(18-14(16)19-13)9-2-4-10(15)5-3-9/h2-6,11,17H,7-8H2,1H3,(H2,16,18,19). The Morgan fingerprint density at radius 2 is 1.95 bits per heavy atom. The molecule has 3 N–H and O–H groups in total. The number of nitrogen functional groups attached to an aromatic ring is 1. The van der Waals surface area contributed by atoms with Crippen LogP contribution >= 0.6 is 11.6 Å². The molecule has 0 amide bonds. The lowest BCUT2D eigenvalue weighted by atomic mass is 10.1. The van der Waals surface area contributed by atoms with Crippen LogP contribution in [0.2, 0.25) is 5.02 Å². The topological polar surface area (TPSA) is 67.1 Å². The van der Waals surface area contributed by atoms with Gasteiger partial charge in [0.2, 0.25) is 5.95 Å². The van der Waals surface area contributed by atoms with E-state index in [1.165, 1.54) is 0 Å². The zero-order chi connectivity index (χ0) is 14.1. The molecule has 2 aromatic rings. The maximum atomic E-state index is 5.90. The maximum absolute atomic E-state index is 5.90. The van der Waals surface area contributed by atoms with Crippen molar-refractivity contribution in [2.45, 2.75) is 6.04 Å². The predicted octanol–water partition coefficient (Wildman–Crippen LogP) is 1.79. The lowest BCUT2D eigenvalue weighted by Crippen LogP contribution is -2.57. The summed E-state index contributed by atoms with van der Waals surface area (Å²) < 4.78 is 0. The number of hydrogen-bond donors (Lipinski definition) is 2. The van der Waals surface area contributed by atoms with Gasteiger partial charge in [0.15, 0.2) is 0 Å². The molecule has 6 heteroatoms. The van der Waals surface area contributed by atoms with Crippen molar-refractivity contribution < 1.29 is 0 Å². The monoisotopic (exact) mass is 289 g/mol. The van der Waals surface area contributed by atoms with Gasteiger partial charge in [0.05, 0.1) is 5.69 Å². The summed E-state index contributed by atoms with van der Waals surface area (Å²) in [4.78, 5) is 10.8. The van der Waals surface area contributed by atoms with Crippen LogP contribution < -0.4 is 16.0 Å². The van der Waals surface area contributed by atoms with Gasteiger partial charge in [-0.05, 0) is 19.2 Å². The fourth-order valence-corrected chi connectivity index (χ4v) is 2.36. The van der Waals surface area contributed by atoms with Crippen LogP contribution in [0.1, 0.15) is 0 Å². The van der Waals surface area contributed by atoms with Crippen LogP contribution in [0.5, 0.6) is 0 Å². The molecule has 1 aliphatic rings. The van der Waals surface area contributed by atoms with Crippen molar-refractivity contribution in [3.05, 3.63) is 35.4 Å². The molecule has 20 heavy (non-hydrogen) atoms. The van der Waals surface area contributed by atoms with Crippen molar-refractivity contribution in [3.8, 4) is 11.3 Å². The Morgan fingerprint density at radius 3 is 2.60 bits per heavy atom. The normalized spacial score (nSPS) is 15.2. The number of aromatic nitrogens is 2. The van der Waals surface area contributed by atoms with Gasteiger partial charge >= 0.3 is 0 Å². The third kappa shape index (κ3) is 2.55. The first-order valence-electron chi connectivity index (χ1n) is 6.48. The van der Waals surface area contributed by atoms with Gasteiger partial charge in [0.25, 0.3) is 0 Å². The molecule has 0 atom stereocenters. The van der Waals surface area contributed by atoms with Crippen LogP contribution in [0, 0.1) is 0 Å². The highest BCUT2D eigenvalue weighted by Crippen LogP contribution is 2.26. The van der Waals surface area contributed by atoms with E-state index in [2.05, 4.69) is 20.2 Å². The molecule has 1 aliphatic heterocycles. The second kappa shape index (κ2) is 5.26. The van der Waals surface area contributed by atoms with Crippen molar-refractivity contribution in [1.29, 1.82) is 0 Å². The first-order chi connectivity index (χ1) is 9.65. The van der Waals surface area contributed by atoms with E-state index in [-0.39, 0.29) is 0 Å². The maximum Gasteiger partial charge on any atom is 0.222 e. The van der Waals surface area contributed by atoms with Crippen molar-refractivity contribution in [3.63, 3.8) is 0 Å². The Morgan fingerprint density at radius 1 is 1.25 bits per heavy atom. The van der Waals surface area contributed by atoms with E-state index in [0.717, 1.165) is 30.2 Å². The van der Waals surface area contributed by atoms with Crippen LogP contribution in [0.15, 0.2) is 30.3 Å². The Labute approximate surface area is 122 Å². The molecule has 0 radical (unpaired) electrons. The predicted molar refractivity (Wildman–Crippen MR) is 82.0 cm³/mol. The van der Waals surface area contributed by atoms with Crippen molar-refractivity contribution >= 4 is 23.4 Å². The molecule has 1 fully saturated rings. The lowest BCUT2D eigenvalue weighted by molar-refractivity contribution is 0.447. The van der Waals surface area contributed by atoms with Crippen LogP contribution in [0.25, 0.3) is 11.3 Å². The molecule has 0 aliphatic carbocycles. The summed E-state index contributed by atoms with van der Waals surface area (Å²) in [5, 5.41) is 3.94. The fraction of sp³-hybridized carbons (Fsp3) is 0.286. The largest absolute Gasteiger partial charge is 0.368 e. The molecule has 1 aromatic heterocycles. The third-order valence-electron chi connectivity index (χ3n) is 3.48. The molecule has 1 aromatic carbocycles. The van der Waals surface area contributed by atoms with Crippen LogP contribution in [0.4, 0.5) is 11.8 Å². The molecule has 0 bridgehead atoms. The quantitative estimate of drug-likeness (QED) is 0.902. The fourth-order valence-electron chi connectivity index (χ4n) is 2.23. The highest BCUT2D eigenvalue weighted by atomic mass is 35.5. The minimum absolute atomic E-state index is 0.292. The zero-order valence-electron chi connectivity index (χ0n) is 11.2. The number of nitrogens with two attached hydrogens (primary N) is 1. The number of anilines is 2. The van der Waals surface area contributed by atoms with Crippen LogP contribution in [-0.2, 0) is 0 Å². The summed E-state index contributed by atoms with van der Waals surface area (Å²) in [6.07, 6.45) is 0. The van der Waals surface area contributed by atoms with Gasteiger partial charge in [-0.25, -0.2) is 4.98 Å². The number of hydrogen-bond acceptors (Lipinski definition) is 5. The van der Waals surface area contributed by atoms with Crippen LogP contribution in [-0.4, -0.2) is 36.1 Å². The first kappa shape index (κ1) is 13.1. The minimum Gasteiger partial charge on any atom is -0.368 e. The lowest BCUT2D eigenvalue weighted by Gasteiger charge is -2.40. The average molecular weight is 290 g/mol. The van der Waals surface area contributed by atoms with Gasteiger partial charge in [0.1, 0.15) is 5.82 Å². The number of nitrogens with one attached hydrogen (secondary N) is 1. The Hall–Kier alpha value is -1.85. The molecule has 1 saturated heterocycles. The Bertz CT molecular complexity index is 607. The smallest absolute Gasteiger partial charge is 0.222 e. The van der Waals surface area contributed by atoms with Crippen molar-refractivity contribution in [2.24, 2.45) is 0 Å². The summed E-state index contributed by atoms with van der Waals surface area (Å²) in [5.74, 6) is 1.16. The molecular formula is C14H16ClN5. The van der Waals surface area contributed by atoms with Gasteiger partial charge in [0, 0.05) is 35.8 Å². The zero-order valence-corrected chi connectivity index (χ0v) is 11.9. The Balaban J connectivity index is 1.89. The van der Waals surface area contributed by atoms with E-state index in [4.69, 9.17) is 17.3 Å². The number of nitrogens with zero attached hydrogens (tertiary/aromatic N) is 3. The van der Waals surface area contributed by atoms with Gasteiger partial charge in [-0.2, -0.15) is 4.98 Å². The molecular weight excluding hydrogens is 274 g/mol. The second-order valence-corrected chi connectivity index (χ2v) is 5.30. The van der Waals surface area contributed by atoms with Crippen LogP contribution in [0.3, 0.4) is 0 Å². The van der Waals surface area contributed by atoms with E-state index in [9.17, 15) is 0 Å². The molecule has 2 heterocycles. The number of rotatable bonds is 3. The van der Waals surface area contributed by atoms with E-state index >= 15 is 0 Å². The molecule has 0 unspecified atom stereocenters. The molecule has 104 valence electrons. The van der Waals surface area contributed by atoms with Gasteiger partial charge in [-0.15, -0.1) is 0 Å². The first-order valence-corrected chi connectivity index (χ1v) is 6.86. The highest BCUT2D eigenvalue weighted by molar-refractivity contribution is 6.30. The van der Waals surface area contributed by atoms with E-state index in [1.807, 2.05) is 37.4 Å². The van der Waals surface area contributed by atoms with E-state index in [0.29, 0.717) is 17.0 Å². The molecule has 3 rings (SSSR count). The molecule has 0 spiro atoms. The van der Waals surface area contributed by atoms with Crippen molar-refractivity contribution in [1.82, 2.24) is 15.3 Å². The summed E-state index contributed by atoms with van der Waals surface area (Å²) in [6.45, 7) is 1.88. The molecule has 0 saturated carbocycles. The number of likely N-dealkylation sites (N-methyl/N-ethyl adjacent to an activating group) is 1. The van der Waals surface area contributed by atoms with E-state index in [1.54, 1.807) is 0 Å².